The zero-order valence-electron chi connectivity index (χ0n) is 11.6. The number of rotatable bonds is 3. The van der Waals surface area contributed by atoms with Crippen molar-refractivity contribution in [3.63, 3.8) is 0 Å². The minimum absolute atomic E-state index is 0.0202. The van der Waals surface area contributed by atoms with E-state index in [0.29, 0.717) is 6.04 Å². The summed E-state index contributed by atoms with van der Waals surface area (Å²) in [6.07, 6.45) is 5.49. The highest BCUT2D eigenvalue weighted by atomic mass is 16.5. The SMILES string of the molecule is CCNC1CCOC2(CCOC(C)(CC)C2)C1. The van der Waals surface area contributed by atoms with Crippen LogP contribution in [0.2, 0.25) is 0 Å². The first-order chi connectivity index (χ1) is 8.11. The van der Waals surface area contributed by atoms with Crippen LogP contribution in [0.5, 0.6) is 0 Å². The molecule has 1 spiro atoms. The first kappa shape index (κ1) is 13.3. The molecule has 2 heterocycles. The molecule has 0 bridgehead atoms. The molecule has 100 valence electrons. The Kier molecular flexibility index (Phi) is 4.11. The molecule has 3 unspecified atom stereocenters. The predicted octanol–water partition coefficient (Wildman–Crippen LogP) is 2.49. The van der Waals surface area contributed by atoms with Crippen LogP contribution in [0, 0.1) is 0 Å². The summed E-state index contributed by atoms with van der Waals surface area (Å²) >= 11 is 0. The molecule has 2 saturated heterocycles. The van der Waals surface area contributed by atoms with Gasteiger partial charge in [0.05, 0.1) is 17.8 Å². The lowest BCUT2D eigenvalue weighted by Gasteiger charge is -2.49. The molecule has 3 heteroatoms. The Morgan fingerprint density at radius 2 is 2.06 bits per heavy atom. The minimum atomic E-state index is 0.0202. The van der Waals surface area contributed by atoms with Gasteiger partial charge in [0.15, 0.2) is 0 Å². The van der Waals surface area contributed by atoms with Gasteiger partial charge in [-0.15, -0.1) is 0 Å². The van der Waals surface area contributed by atoms with Gasteiger partial charge in [-0.1, -0.05) is 13.8 Å². The number of hydrogen-bond donors (Lipinski definition) is 1. The molecule has 17 heavy (non-hydrogen) atoms. The van der Waals surface area contributed by atoms with Gasteiger partial charge >= 0.3 is 0 Å². The maximum atomic E-state index is 6.16. The second-order valence-electron chi connectivity index (χ2n) is 5.86. The van der Waals surface area contributed by atoms with Crippen molar-refractivity contribution in [3.8, 4) is 0 Å². The van der Waals surface area contributed by atoms with E-state index in [-0.39, 0.29) is 11.2 Å². The highest BCUT2D eigenvalue weighted by molar-refractivity contribution is 4.98. The van der Waals surface area contributed by atoms with E-state index in [1.807, 2.05) is 0 Å². The lowest BCUT2D eigenvalue weighted by atomic mass is 9.76. The van der Waals surface area contributed by atoms with E-state index in [9.17, 15) is 0 Å². The third-order valence-electron chi connectivity index (χ3n) is 4.44. The van der Waals surface area contributed by atoms with Crippen molar-refractivity contribution in [2.45, 2.75) is 70.1 Å². The second kappa shape index (κ2) is 5.25. The van der Waals surface area contributed by atoms with Crippen LogP contribution in [-0.4, -0.2) is 37.0 Å². The van der Waals surface area contributed by atoms with E-state index < -0.39 is 0 Å². The smallest absolute Gasteiger partial charge is 0.0746 e. The fourth-order valence-corrected chi connectivity index (χ4v) is 3.32. The third kappa shape index (κ3) is 3.01. The first-order valence-electron chi connectivity index (χ1n) is 7.13. The summed E-state index contributed by atoms with van der Waals surface area (Å²) in [5.41, 5.74) is 0.0977. The van der Waals surface area contributed by atoms with E-state index in [1.165, 1.54) is 0 Å². The summed E-state index contributed by atoms with van der Waals surface area (Å²) in [6.45, 7) is 9.43. The molecule has 2 rings (SSSR count). The topological polar surface area (TPSA) is 30.5 Å². The summed E-state index contributed by atoms with van der Waals surface area (Å²) in [5, 5.41) is 3.58. The average Bonchev–Trinajstić information content (AvgIpc) is 2.29. The molecule has 2 aliphatic rings. The molecule has 3 atom stereocenters. The Bertz CT molecular complexity index is 253. The molecule has 0 aliphatic carbocycles. The third-order valence-corrected chi connectivity index (χ3v) is 4.44. The standard InChI is InChI=1S/C14H27NO2/c1-4-13(3)11-14(7-9-16-13)10-12(15-5-2)6-8-17-14/h12,15H,4-11H2,1-3H3. The van der Waals surface area contributed by atoms with E-state index >= 15 is 0 Å². The quantitative estimate of drug-likeness (QED) is 0.823. The van der Waals surface area contributed by atoms with Crippen molar-refractivity contribution in [1.82, 2.24) is 5.32 Å². The fourth-order valence-electron chi connectivity index (χ4n) is 3.32. The molecular weight excluding hydrogens is 214 g/mol. The average molecular weight is 241 g/mol. The first-order valence-corrected chi connectivity index (χ1v) is 7.13. The van der Waals surface area contributed by atoms with Crippen molar-refractivity contribution in [2.24, 2.45) is 0 Å². The highest BCUT2D eigenvalue weighted by Gasteiger charge is 2.45. The van der Waals surface area contributed by atoms with Gasteiger partial charge in [0.1, 0.15) is 0 Å². The van der Waals surface area contributed by atoms with Crippen molar-refractivity contribution >= 4 is 0 Å². The van der Waals surface area contributed by atoms with E-state index in [0.717, 1.165) is 51.9 Å². The molecule has 3 nitrogen and oxygen atoms in total. The number of ether oxygens (including phenoxy) is 2. The van der Waals surface area contributed by atoms with Crippen LogP contribution in [0.25, 0.3) is 0 Å². The number of nitrogens with one attached hydrogen (secondary N) is 1. The van der Waals surface area contributed by atoms with Crippen LogP contribution < -0.4 is 5.32 Å². The number of hydrogen-bond acceptors (Lipinski definition) is 3. The zero-order chi connectivity index (χ0) is 12.4. The van der Waals surface area contributed by atoms with Gasteiger partial charge in [-0.3, -0.25) is 0 Å². The fraction of sp³-hybridized carbons (Fsp3) is 1.00. The van der Waals surface area contributed by atoms with Gasteiger partial charge in [0, 0.05) is 19.1 Å². The Morgan fingerprint density at radius 3 is 2.76 bits per heavy atom. The summed E-state index contributed by atoms with van der Waals surface area (Å²) in [5.74, 6) is 0. The molecule has 0 aromatic carbocycles. The van der Waals surface area contributed by atoms with E-state index in [2.05, 4.69) is 26.1 Å². The maximum Gasteiger partial charge on any atom is 0.0746 e. The highest BCUT2D eigenvalue weighted by Crippen LogP contribution is 2.41. The van der Waals surface area contributed by atoms with Crippen LogP contribution in [-0.2, 0) is 9.47 Å². The van der Waals surface area contributed by atoms with Gasteiger partial charge in [0.2, 0.25) is 0 Å². The normalized spacial score (nSPS) is 42.9. The summed E-state index contributed by atoms with van der Waals surface area (Å²) in [4.78, 5) is 0. The summed E-state index contributed by atoms with van der Waals surface area (Å²) in [6, 6.07) is 0.632. The lowest BCUT2D eigenvalue weighted by Crippen LogP contribution is -2.54. The zero-order valence-corrected chi connectivity index (χ0v) is 11.6. The van der Waals surface area contributed by atoms with Gasteiger partial charge < -0.3 is 14.8 Å². The van der Waals surface area contributed by atoms with Crippen LogP contribution in [0.4, 0.5) is 0 Å². The molecule has 2 fully saturated rings. The van der Waals surface area contributed by atoms with Crippen LogP contribution in [0.15, 0.2) is 0 Å². The Morgan fingerprint density at radius 1 is 1.24 bits per heavy atom. The van der Waals surface area contributed by atoms with Gasteiger partial charge in [-0.2, -0.15) is 0 Å². The Balaban J connectivity index is 2.02. The molecule has 0 amide bonds. The van der Waals surface area contributed by atoms with Crippen molar-refractivity contribution < 1.29 is 9.47 Å². The lowest BCUT2D eigenvalue weighted by molar-refractivity contribution is -0.194. The van der Waals surface area contributed by atoms with E-state index in [4.69, 9.17) is 9.47 Å². The van der Waals surface area contributed by atoms with Crippen LogP contribution in [0.1, 0.15) is 52.9 Å². The maximum absolute atomic E-state index is 6.16. The predicted molar refractivity (Wildman–Crippen MR) is 69.3 cm³/mol. The van der Waals surface area contributed by atoms with Gasteiger partial charge in [0.25, 0.3) is 0 Å². The van der Waals surface area contributed by atoms with Crippen LogP contribution >= 0.6 is 0 Å². The minimum Gasteiger partial charge on any atom is -0.375 e. The van der Waals surface area contributed by atoms with Crippen molar-refractivity contribution in [1.29, 1.82) is 0 Å². The molecule has 0 aromatic heterocycles. The summed E-state index contributed by atoms with van der Waals surface area (Å²) in [7, 11) is 0. The van der Waals surface area contributed by atoms with E-state index in [1.54, 1.807) is 0 Å². The molecule has 2 aliphatic heterocycles. The van der Waals surface area contributed by atoms with Gasteiger partial charge in [-0.05, 0) is 39.2 Å². The summed E-state index contributed by atoms with van der Waals surface area (Å²) < 4.78 is 12.1. The molecule has 0 aromatic rings. The monoisotopic (exact) mass is 241 g/mol. The molecule has 1 N–H and O–H groups in total. The van der Waals surface area contributed by atoms with Crippen molar-refractivity contribution in [2.75, 3.05) is 19.8 Å². The van der Waals surface area contributed by atoms with Crippen LogP contribution in [0.3, 0.4) is 0 Å². The van der Waals surface area contributed by atoms with Crippen molar-refractivity contribution in [3.05, 3.63) is 0 Å². The largest absolute Gasteiger partial charge is 0.375 e. The molecule has 0 saturated carbocycles. The van der Waals surface area contributed by atoms with Gasteiger partial charge in [-0.25, -0.2) is 0 Å². The Hall–Kier alpha value is -0.120. The second-order valence-corrected chi connectivity index (χ2v) is 5.86. The molecule has 0 radical (unpaired) electrons. The Labute approximate surface area is 105 Å². The molecular formula is C14H27NO2.